The number of carbonyl (C=O) groups excluding carboxylic acids is 2. The minimum Gasteiger partial charge on any atom is -0.507 e. The summed E-state index contributed by atoms with van der Waals surface area (Å²) >= 11 is 0. The second kappa shape index (κ2) is 3.69. The lowest BCUT2D eigenvalue weighted by Crippen LogP contribution is -2.50. The molecule has 3 nitrogen and oxygen atoms in total. The third-order valence-electron chi connectivity index (χ3n) is 5.38. The van der Waals surface area contributed by atoms with E-state index >= 15 is 0 Å². The summed E-state index contributed by atoms with van der Waals surface area (Å²) in [6.07, 6.45) is 4.29. The van der Waals surface area contributed by atoms with Crippen LogP contribution in [0.4, 0.5) is 0 Å². The van der Waals surface area contributed by atoms with Crippen LogP contribution in [0, 0.1) is 23.7 Å². The lowest BCUT2D eigenvalue weighted by molar-refractivity contribution is 0.0198. The van der Waals surface area contributed by atoms with E-state index in [4.69, 9.17) is 0 Å². The van der Waals surface area contributed by atoms with Crippen LogP contribution in [0.15, 0.2) is 18.2 Å². The van der Waals surface area contributed by atoms with Crippen LogP contribution in [0.25, 0.3) is 0 Å². The van der Waals surface area contributed by atoms with E-state index in [-0.39, 0.29) is 34.7 Å². The Morgan fingerprint density at radius 3 is 2.11 bits per heavy atom. The SMILES string of the molecule is O=C1c2cccc(O)c2C(=O)C2C3CCC(CC3)C12. The largest absolute Gasteiger partial charge is 0.507 e. The summed E-state index contributed by atoms with van der Waals surface area (Å²) in [5.74, 6) is 0.504. The molecule has 4 aliphatic carbocycles. The Morgan fingerprint density at radius 2 is 1.47 bits per heavy atom. The fourth-order valence-electron chi connectivity index (χ4n) is 4.55. The Labute approximate surface area is 111 Å². The maximum absolute atomic E-state index is 12.7. The quantitative estimate of drug-likeness (QED) is 0.776. The molecule has 2 unspecified atom stereocenters. The highest BCUT2D eigenvalue weighted by Crippen LogP contribution is 2.53. The van der Waals surface area contributed by atoms with Gasteiger partial charge in [-0.25, -0.2) is 0 Å². The Bertz CT molecular complexity index is 582. The summed E-state index contributed by atoms with van der Waals surface area (Å²) in [5, 5.41) is 9.93. The van der Waals surface area contributed by atoms with Crippen molar-refractivity contribution in [3.63, 3.8) is 0 Å². The highest BCUT2D eigenvalue weighted by Gasteiger charge is 2.53. The molecule has 5 rings (SSSR count). The van der Waals surface area contributed by atoms with Crippen LogP contribution < -0.4 is 0 Å². The highest BCUT2D eigenvalue weighted by atomic mass is 16.3. The number of ketones is 2. The summed E-state index contributed by atoms with van der Waals surface area (Å²) in [6.45, 7) is 0. The number of hydrogen-bond acceptors (Lipinski definition) is 3. The second-order valence-corrected chi connectivity index (χ2v) is 6.15. The van der Waals surface area contributed by atoms with Crippen molar-refractivity contribution in [2.45, 2.75) is 25.7 Å². The maximum atomic E-state index is 12.7. The van der Waals surface area contributed by atoms with Gasteiger partial charge in [0.15, 0.2) is 11.6 Å². The van der Waals surface area contributed by atoms with E-state index in [1.54, 1.807) is 12.1 Å². The normalized spacial score (nSPS) is 36.0. The van der Waals surface area contributed by atoms with Gasteiger partial charge in [0, 0.05) is 17.4 Å². The molecular formula is C16H16O3. The van der Waals surface area contributed by atoms with Gasteiger partial charge in [-0.3, -0.25) is 9.59 Å². The highest BCUT2D eigenvalue weighted by molar-refractivity contribution is 6.17. The van der Waals surface area contributed by atoms with Crippen molar-refractivity contribution in [2.75, 3.05) is 0 Å². The predicted octanol–water partition coefficient (Wildman–Crippen LogP) is 2.82. The van der Waals surface area contributed by atoms with Crippen molar-refractivity contribution in [2.24, 2.45) is 23.7 Å². The van der Waals surface area contributed by atoms with Gasteiger partial charge in [-0.1, -0.05) is 12.1 Å². The molecule has 1 N–H and O–H groups in total. The summed E-state index contributed by atoms with van der Waals surface area (Å²) in [7, 11) is 0. The topological polar surface area (TPSA) is 54.4 Å². The van der Waals surface area contributed by atoms with Gasteiger partial charge >= 0.3 is 0 Å². The van der Waals surface area contributed by atoms with Crippen LogP contribution >= 0.6 is 0 Å². The molecule has 0 saturated heterocycles. The van der Waals surface area contributed by atoms with Gasteiger partial charge in [0.1, 0.15) is 5.75 Å². The molecule has 3 saturated carbocycles. The van der Waals surface area contributed by atoms with Gasteiger partial charge in [0.25, 0.3) is 0 Å². The number of phenolic OH excluding ortho intramolecular Hbond substituents is 1. The van der Waals surface area contributed by atoms with Crippen molar-refractivity contribution in [1.29, 1.82) is 0 Å². The van der Waals surface area contributed by atoms with Crippen molar-refractivity contribution in [1.82, 2.24) is 0 Å². The molecule has 1 aromatic carbocycles. The summed E-state index contributed by atoms with van der Waals surface area (Å²) in [5.41, 5.74) is 0.722. The van der Waals surface area contributed by atoms with Crippen molar-refractivity contribution < 1.29 is 14.7 Å². The van der Waals surface area contributed by atoms with Crippen LogP contribution in [-0.2, 0) is 0 Å². The van der Waals surface area contributed by atoms with E-state index < -0.39 is 0 Å². The lowest BCUT2D eigenvalue weighted by Gasteiger charge is -2.49. The molecule has 0 aliphatic heterocycles. The Balaban J connectivity index is 1.92. The number of benzene rings is 1. The monoisotopic (exact) mass is 256 g/mol. The zero-order valence-electron chi connectivity index (χ0n) is 10.6. The minimum absolute atomic E-state index is 0.00657. The average molecular weight is 256 g/mol. The second-order valence-electron chi connectivity index (χ2n) is 6.15. The molecule has 0 heterocycles. The molecule has 0 spiro atoms. The Kier molecular flexibility index (Phi) is 2.17. The van der Waals surface area contributed by atoms with Crippen LogP contribution in [0.5, 0.6) is 5.75 Å². The zero-order chi connectivity index (χ0) is 13.1. The number of aromatic hydroxyl groups is 1. The first kappa shape index (κ1) is 11.2. The first-order valence-electron chi connectivity index (χ1n) is 7.09. The predicted molar refractivity (Wildman–Crippen MR) is 69.2 cm³/mol. The van der Waals surface area contributed by atoms with Crippen LogP contribution in [0.1, 0.15) is 46.4 Å². The molecule has 3 fully saturated rings. The summed E-state index contributed by atoms with van der Waals surface area (Å²) < 4.78 is 0. The van der Waals surface area contributed by atoms with Gasteiger partial charge in [0.05, 0.1) is 5.56 Å². The Hall–Kier alpha value is -1.64. The van der Waals surface area contributed by atoms with Crippen molar-refractivity contribution >= 4 is 11.6 Å². The molecule has 0 radical (unpaired) electrons. The van der Waals surface area contributed by atoms with E-state index in [1.165, 1.54) is 6.07 Å². The smallest absolute Gasteiger partial charge is 0.171 e. The van der Waals surface area contributed by atoms with E-state index in [0.717, 1.165) is 25.7 Å². The lowest BCUT2D eigenvalue weighted by atomic mass is 9.53. The minimum atomic E-state index is -0.166. The van der Waals surface area contributed by atoms with Crippen LogP contribution in [-0.4, -0.2) is 16.7 Å². The molecule has 98 valence electrons. The molecule has 1 aromatic rings. The van der Waals surface area contributed by atoms with Gasteiger partial charge in [-0.15, -0.1) is 0 Å². The molecule has 4 aliphatic rings. The van der Waals surface area contributed by atoms with Gasteiger partial charge in [0.2, 0.25) is 0 Å². The average Bonchev–Trinajstić information content (AvgIpc) is 2.45. The number of fused-ring (bicyclic) bond motifs is 3. The molecule has 2 bridgehead atoms. The molecule has 0 amide bonds. The first-order chi connectivity index (χ1) is 9.18. The number of Topliss-reactive ketones (excluding diaryl/α,β-unsaturated/α-hetero) is 2. The standard InChI is InChI=1S/C16H16O3/c17-11-3-1-2-10-14(11)16(19)13-9-6-4-8(5-7-9)12(13)15(10)18/h1-3,8-9,12-13,17H,4-7H2. The molecule has 3 heteroatoms. The number of hydrogen-bond donors (Lipinski definition) is 1. The molecule has 0 aromatic heterocycles. The third-order valence-corrected chi connectivity index (χ3v) is 5.38. The number of phenols is 1. The molecule has 2 atom stereocenters. The maximum Gasteiger partial charge on any atom is 0.171 e. The van der Waals surface area contributed by atoms with Crippen LogP contribution in [0.3, 0.4) is 0 Å². The third kappa shape index (κ3) is 1.33. The van der Waals surface area contributed by atoms with E-state index in [1.807, 2.05) is 0 Å². The Morgan fingerprint density at radius 1 is 0.895 bits per heavy atom. The van der Waals surface area contributed by atoms with E-state index in [0.29, 0.717) is 17.4 Å². The van der Waals surface area contributed by atoms with Gasteiger partial charge < -0.3 is 5.11 Å². The van der Waals surface area contributed by atoms with Gasteiger partial charge in [-0.05, 0) is 43.6 Å². The number of carbonyl (C=O) groups is 2. The van der Waals surface area contributed by atoms with E-state index in [9.17, 15) is 14.7 Å². The fraction of sp³-hybridized carbons (Fsp3) is 0.500. The molecule has 19 heavy (non-hydrogen) atoms. The van der Waals surface area contributed by atoms with Crippen molar-refractivity contribution in [3.8, 4) is 5.75 Å². The van der Waals surface area contributed by atoms with Crippen LogP contribution in [0.2, 0.25) is 0 Å². The number of rotatable bonds is 0. The van der Waals surface area contributed by atoms with Crippen molar-refractivity contribution in [3.05, 3.63) is 29.3 Å². The zero-order valence-corrected chi connectivity index (χ0v) is 10.6. The van der Waals surface area contributed by atoms with Gasteiger partial charge in [-0.2, -0.15) is 0 Å². The first-order valence-corrected chi connectivity index (χ1v) is 7.09. The molecular weight excluding hydrogens is 240 g/mol. The summed E-state index contributed by atoms with van der Waals surface area (Å²) in [6, 6.07) is 4.85. The summed E-state index contributed by atoms with van der Waals surface area (Å²) in [4.78, 5) is 25.4. The van der Waals surface area contributed by atoms with E-state index in [2.05, 4.69) is 0 Å². The fourth-order valence-corrected chi connectivity index (χ4v) is 4.55.